The van der Waals surface area contributed by atoms with Crippen LogP contribution in [0.3, 0.4) is 0 Å². The van der Waals surface area contributed by atoms with Gasteiger partial charge in [-0.2, -0.15) is 13.2 Å². The summed E-state index contributed by atoms with van der Waals surface area (Å²) in [5, 5.41) is 6.04. The van der Waals surface area contributed by atoms with Gasteiger partial charge < -0.3 is 16.8 Å². The monoisotopic (exact) mass is 610 g/mol. The largest absolute Gasteiger partial charge is 0.398 e. The van der Waals surface area contributed by atoms with Crippen molar-refractivity contribution in [1.29, 1.82) is 0 Å². The molecule has 5 unspecified atom stereocenters. The van der Waals surface area contributed by atoms with Crippen LogP contribution in [0.4, 0.5) is 27.6 Å². The molecule has 0 saturated carbocycles. The van der Waals surface area contributed by atoms with Crippen LogP contribution >= 0.6 is 11.3 Å². The number of carbonyl (C=O) groups excluding carboxylic acids is 1. The molecule has 0 radical (unpaired) electrons. The maximum Gasteiger partial charge on any atom is 0.396 e. The number of anilines is 1. The summed E-state index contributed by atoms with van der Waals surface area (Å²) in [6, 6.07) is 9.32. The Hall–Kier alpha value is -3.16. The predicted octanol–water partition coefficient (Wildman–Crippen LogP) is 4.96. The lowest BCUT2D eigenvalue weighted by molar-refractivity contribution is -0.161. The molecule has 0 bridgehead atoms. The number of carbonyl (C=O) groups is 1. The summed E-state index contributed by atoms with van der Waals surface area (Å²) < 4.78 is 67.5. The third-order valence-electron chi connectivity index (χ3n) is 7.37. The van der Waals surface area contributed by atoms with E-state index in [1.165, 1.54) is 11.3 Å². The third-order valence-corrected chi connectivity index (χ3v) is 8.51. The number of nitrogens with zero attached hydrogens (tertiary/aromatic N) is 2. The SMILES string of the molecule is CCN=C(N)c1cc(-c2ccc(CNC3N=CC(C(F)(F)F)CC3C(=O)CNCC3=CCC(F)C(F)C3)s2)ccc1N. The summed E-state index contributed by atoms with van der Waals surface area (Å²) in [6.07, 6.45) is -6.55. The average molecular weight is 611 g/mol. The molecule has 42 heavy (non-hydrogen) atoms. The van der Waals surface area contributed by atoms with E-state index in [1.54, 1.807) is 12.1 Å². The molecule has 0 amide bonds. The fraction of sp³-hybridized carbons (Fsp3) is 0.483. The number of rotatable bonds is 11. The summed E-state index contributed by atoms with van der Waals surface area (Å²) >= 11 is 1.48. The van der Waals surface area contributed by atoms with Crippen molar-refractivity contribution in [3.05, 3.63) is 52.4 Å². The van der Waals surface area contributed by atoms with Crippen molar-refractivity contribution in [3.8, 4) is 10.4 Å². The van der Waals surface area contributed by atoms with E-state index in [1.807, 2.05) is 31.2 Å². The number of allylic oxidation sites excluding steroid dienone is 1. The van der Waals surface area contributed by atoms with Crippen LogP contribution in [-0.2, 0) is 11.3 Å². The first-order chi connectivity index (χ1) is 20.0. The standard InChI is InChI=1S/C29H35F5N6OS/c1-2-38-27(36)20-10-17(4-7-24(20)35)26-8-5-19(42-26)14-40-28-21(11-18(13-39-28)29(32,33)34)25(41)15-37-12-16-3-6-22(30)23(31)9-16/h3-5,7-8,10,13,18,21-23,28,37,40H,2,6,9,11-12,14-15,35H2,1H3,(H2,36,38). The number of nitrogens with two attached hydrogens (primary N) is 2. The number of thiophene rings is 1. The van der Waals surface area contributed by atoms with Crippen LogP contribution in [0, 0.1) is 11.8 Å². The molecule has 1 aliphatic carbocycles. The molecule has 1 aromatic carbocycles. The van der Waals surface area contributed by atoms with E-state index in [2.05, 4.69) is 20.6 Å². The van der Waals surface area contributed by atoms with E-state index in [0.717, 1.165) is 21.5 Å². The Labute approximate surface area is 245 Å². The highest BCUT2D eigenvalue weighted by Gasteiger charge is 2.45. The molecule has 1 aromatic heterocycles. The second-order valence-electron chi connectivity index (χ2n) is 10.4. The number of aliphatic imine (C=N–C) groups is 2. The van der Waals surface area contributed by atoms with Crippen molar-refractivity contribution in [2.75, 3.05) is 25.4 Å². The molecule has 6 N–H and O–H groups in total. The maximum absolute atomic E-state index is 13.7. The fourth-order valence-electron chi connectivity index (χ4n) is 5.01. The van der Waals surface area contributed by atoms with E-state index >= 15 is 0 Å². The summed E-state index contributed by atoms with van der Waals surface area (Å²) in [5.74, 6) is -2.92. The highest BCUT2D eigenvalue weighted by atomic mass is 32.1. The van der Waals surface area contributed by atoms with Gasteiger partial charge in [0.25, 0.3) is 0 Å². The van der Waals surface area contributed by atoms with Crippen molar-refractivity contribution in [2.24, 2.45) is 27.6 Å². The highest BCUT2D eigenvalue weighted by molar-refractivity contribution is 7.15. The Morgan fingerprint density at radius 3 is 2.67 bits per heavy atom. The van der Waals surface area contributed by atoms with Gasteiger partial charge in [-0.05, 0) is 49.6 Å². The lowest BCUT2D eigenvalue weighted by atomic mass is 9.86. The molecule has 2 heterocycles. The highest BCUT2D eigenvalue weighted by Crippen LogP contribution is 2.35. The van der Waals surface area contributed by atoms with Gasteiger partial charge >= 0.3 is 6.18 Å². The van der Waals surface area contributed by atoms with Crippen molar-refractivity contribution in [1.82, 2.24) is 10.6 Å². The van der Waals surface area contributed by atoms with Crippen molar-refractivity contribution < 1.29 is 26.7 Å². The van der Waals surface area contributed by atoms with Gasteiger partial charge in [0.2, 0.25) is 0 Å². The zero-order valence-corrected chi connectivity index (χ0v) is 23.9. The smallest absolute Gasteiger partial charge is 0.396 e. The summed E-state index contributed by atoms with van der Waals surface area (Å²) in [5.41, 5.74) is 14.8. The van der Waals surface area contributed by atoms with Crippen LogP contribution in [0.15, 0.2) is 52.0 Å². The summed E-state index contributed by atoms with van der Waals surface area (Å²) in [4.78, 5) is 23.2. The Morgan fingerprint density at radius 1 is 1.17 bits per heavy atom. The van der Waals surface area contributed by atoms with Crippen LogP contribution in [-0.4, -0.2) is 62.2 Å². The van der Waals surface area contributed by atoms with Crippen molar-refractivity contribution >= 4 is 34.9 Å². The van der Waals surface area contributed by atoms with Gasteiger partial charge in [0, 0.05) is 53.3 Å². The van der Waals surface area contributed by atoms with Crippen LogP contribution in [0.5, 0.6) is 0 Å². The van der Waals surface area contributed by atoms with E-state index in [4.69, 9.17) is 11.5 Å². The number of amidine groups is 1. The Balaban J connectivity index is 1.41. The molecule has 228 valence electrons. The van der Waals surface area contributed by atoms with Gasteiger partial charge in [-0.25, -0.2) is 8.78 Å². The molecule has 2 aliphatic rings. The number of hydrogen-bond acceptors (Lipinski definition) is 7. The lowest BCUT2D eigenvalue weighted by Crippen LogP contribution is -2.47. The second kappa shape index (κ2) is 13.9. The Bertz CT molecular complexity index is 1340. The lowest BCUT2D eigenvalue weighted by Gasteiger charge is -2.31. The minimum atomic E-state index is -4.52. The van der Waals surface area contributed by atoms with Gasteiger partial charge in [-0.1, -0.05) is 17.7 Å². The molecule has 2 aromatic rings. The van der Waals surface area contributed by atoms with Crippen molar-refractivity contribution in [3.63, 3.8) is 0 Å². The summed E-state index contributed by atoms with van der Waals surface area (Å²) in [6.45, 7) is 2.65. The number of nitrogen functional groups attached to an aromatic ring is 1. The maximum atomic E-state index is 13.7. The fourth-order valence-corrected chi connectivity index (χ4v) is 5.97. The molecule has 4 rings (SSSR count). The topological polar surface area (TPSA) is 118 Å². The first kappa shape index (κ1) is 31.8. The zero-order valence-electron chi connectivity index (χ0n) is 23.1. The third kappa shape index (κ3) is 8.01. The molecule has 5 atom stereocenters. The van der Waals surface area contributed by atoms with Gasteiger partial charge in [0.05, 0.1) is 18.4 Å². The minimum Gasteiger partial charge on any atom is -0.398 e. The zero-order chi connectivity index (χ0) is 30.4. The van der Waals surface area contributed by atoms with Gasteiger partial charge in [-0.15, -0.1) is 11.3 Å². The molecule has 0 saturated heterocycles. The van der Waals surface area contributed by atoms with Crippen LogP contribution < -0.4 is 22.1 Å². The average Bonchev–Trinajstić information content (AvgIpc) is 3.42. The van der Waals surface area contributed by atoms with Crippen LogP contribution in [0.1, 0.15) is 36.6 Å². The Kier molecular flexibility index (Phi) is 10.5. The molecule has 1 aliphatic heterocycles. The predicted molar refractivity (Wildman–Crippen MR) is 157 cm³/mol. The molecule has 7 nitrogen and oxygen atoms in total. The summed E-state index contributed by atoms with van der Waals surface area (Å²) in [7, 11) is 0. The van der Waals surface area contributed by atoms with E-state index in [9.17, 15) is 26.7 Å². The molecule has 0 spiro atoms. The molecular formula is C29H35F5N6OS. The first-order valence-corrected chi connectivity index (χ1v) is 14.6. The molecule has 13 heteroatoms. The van der Waals surface area contributed by atoms with E-state index < -0.39 is 48.7 Å². The van der Waals surface area contributed by atoms with Crippen molar-refractivity contribution in [2.45, 2.75) is 57.4 Å². The van der Waals surface area contributed by atoms with Gasteiger partial charge in [0.15, 0.2) is 5.78 Å². The number of ketones is 1. The Morgan fingerprint density at radius 2 is 1.95 bits per heavy atom. The van der Waals surface area contributed by atoms with Gasteiger partial charge in [0.1, 0.15) is 24.3 Å². The molecular weight excluding hydrogens is 575 g/mol. The van der Waals surface area contributed by atoms with E-state index in [0.29, 0.717) is 29.2 Å². The number of nitrogens with one attached hydrogen (secondary N) is 2. The number of alkyl halides is 5. The van der Waals surface area contributed by atoms with E-state index in [-0.39, 0.29) is 32.5 Å². The number of halogens is 5. The second-order valence-corrected chi connectivity index (χ2v) is 11.6. The van der Waals surface area contributed by atoms with Crippen LogP contribution in [0.25, 0.3) is 10.4 Å². The minimum absolute atomic E-state index is 0.0339. The number of hydrogen-bond donors (Lipinski definition) is 4. The van der Waals surface area contributed by atoms with Crippen LogP contribution in [0.2, 0.25) is 0 Å². The molecule has 0 fully saturated rings. The number of Topliss-reactive ketones (excluding diaryl/α,β-unsaturated/α-hetero) is 1. The quantitative estimate of drug-likeness (QED) is 0.0943. The normalized spacial score (nSPS) is 25.0. The first-order valence-electron chi connectivity index (χ1n) is 13.8. The number of benzene rings is 1. The van der Waals surface area contributed by atoms with Gasteiger partial charge in [-0.3, -0.25) is 20.1 Å².